The van der Waals surface area contributed by atoms with Gasteiger partial charge in [0.1, 0.15) is 5.78 Å². The van der Waals surface area contributed by atoms with Crippen LogP contribution in [0.3, 0.4) is 0 Å². The van der Waals surface area contributed by atoms with E-state index >= 15 is 0 Å². The van der Waals surface area contributed by atoms with Crippen LogP contribution in [0.15, 0.2) is 12.2 Å². The van der Waals surface area contributed by atoms with Crippen molar-refractivity contribution in [1.82, 2.24) is 0 Å². The van der Waals surface area contributed by atoms with Crippen molar-refractivity contribution >= 4 is 17.5 Å². The largest absolute Gasteiger partial charge is 0.469 e. The predicted molar refractivity (Wildman–Crippen MR) is 99.6 cm³/mol. The molecule has 0 aromatic carbocycles. The lowest BCUT2D eigenvalue weighted by Crippen LogP contribution is -2.29. The summed E-state index contributed by atoms with van der Waals surface area (Å²) in [4.78, 5) is 35.0. The second-order valence-corrected chi connectivity index (χ2v) is 7.32. The van der Waals surface area contributed by atoms with Gasteiger partial charge in [-0.15, -0.1) is 0 Å². The molecule has 1 rings (SSSR count). The van der Waals surface area contributed by atoms with E-state index in [1.807, 2.05) is 19.1 Å². The van der Waals surface area contributed by atoms with Gasteiger partial charge in [0, 0.05) is 31.6 Å². The molecule has 6 heteroatoms. The van der Waals surface area contributed by atoms with E-state index in [1.54, 1.807) is 0 Å². The third-order valence-electron chi connectivity index (χ3n) is 5.27. The molecular formula is C21H32F2O4. The minimum absolute atomic E-state index is 0.00291. The van der Waals surface area contributed by atoms with Crippen LogP contribution in [-0.4, -0.2) is 30.6 Å². The molecule has 4 nitrogen and oxygen atoms in total. The Morgan fingerprint density at radius 2 is 1.96 bits per heavy atom. The fourth-order valence-electron chi connectivity index (χ4n) is 3.51. The van der Waals surface area contributed by atoms with Gasteiger partial charge in [0.15, 0.2) is 0 Å². The average Bonchev–Trinajstić information content (AvgIpc) is 3.00. The highest BCUT2D eigenvalue weighted by atomic mass is 19.3. The van der Waals surface area contributed by atoms with E-state index in [0.717, 1.165) is 6.42 Å². The highest BCUT2D eigenvalue weighted by Gasteiger charge is 2.39. The number of hydrogen-bond acceptors (Lipinski definition) is 4. The van der Waals surface area contributed by atoms with Crippen molar-refractivity contribution in [2.24, 2.45) is 11.8 Å². The third-order valence-corrected chi connectivity index (χ3v) is 5.27. The van der Waals surface area contributed by atoms with Gasteiger partial charge in [-0.3, -0.25) is 14.4 Å². The smallest absolute Gasteiger partial charge is 0.305 e. The van der Waals surface area contributed by atoms with Crippen LogP contribution in [0.4, 0.5) is 8.78 Å². The Hall–Kier alpha value is -1.59. The molecular weight excluding hydrogens is 354 g/mol. The van der Waals surface area contributed by atoms with E-state index in [0.29, 0.717) is 51.4 Å². The molecule has 1 aliphatic rings. The predicted octanol–water partition coefficient (Wildman–Crippen LogP) is 5.05. The number of ether oxygens (including phenoxy) is 1. The zero-order chi connectivity index (χ0) is 20.3. The molecule has 2 unspecified atom stereocenters. The maximum absolute atomic E-state index is 13.8. The molecule has 0 aliphatic heterocycles. The van der Waals surface area contributed by atoms with E-state index in [4.69, 9.17) is 0 Å². The van der Waals surface area contributed by atoms with Gasteiger partial charge in [-0.2, -0.15) is 8.78 Å². The Kier molecular flexibility index (Phi) is 10.4. The van der Waals surface area contributed by atoms with Crippen molar-refractivity contribution in [3.63, 3.8) is 0 Å². The third kappa shape index (κ3) is 8.31. The van der Waals surface area contributed by atoms with E-state index in [9.17, 15) is 23.2 Å². The summed E-state index contributed by atoms with van der Waals surface area (Å²) in [5.74, 6) is -4.50. The van der Waals surface area contributed by atoms with Crippen LogP contribution in [0.25, 0.3) is 0 Å². The second-order valence-electron chi connectivity index (χ2n) is 7.32. The number of esters is 1. The molecule has 1 saturated carbocycles. The number of halogens is 2. The quantitative estimate of drug-likeness (QED) is 0.253. The minimum atomic E-state index is -3.24. The molecule has 0 aromatic rings. The lowest BCUT2D eigenvalue weighted by atomic mass is 9.87. The lowest BCUT2D eigenvalue weighted by molar-refractivity contribution is -0.144. The van der Waals surface area contributed by atoms with Crippen molar-refractivity contribution in [1.29, 1.82) is 0 Å². The molecule has 1 aliphatic carbocycles. The first-order valence-corrected chi connectivity index (χ1v) is 9.97. The zero-order valence-electron chi connectivity index (χ0n) is 16.5. The van der Waals surface area contributed by atoms with Gasteiger partial charge < -0.3 is 4.74 Å². The van der Waals surface area contributed by atoms with Crippen LogP contribution < -0.4 is 0 Å². The Labute approximate surface area is 160 Å². The zero-order valence-corrected chi connectivity index (χ0v) is 16.5. The number of carbonyl (C=O) groups excluding carboxylic acids is 3. The topological polar surface area (TPSA) is 60.4 Å². The number of hydrogen-bond donors (Lipinski definition) is 0. The first-order chi connectivity index (χ1) is 12.8. The molecule has 2 atom stereocenters. The van der Waals surface area contributed by atoms with Gasteiger partial charge in [0.2, 0.25) is 5.78 Å². The number of carbonyl (C=O) groups is 3. The number of rotatable bonds is 13. The molecule has 27 heavy (non-hydrogen) atoms. The molecule has 154 valence electrons. The van der Waals surface area contributed by atoms with Crippen LogP contribution in [-0.2, 0) is 19.1 Å². The molecule has 0 spiro atoms. The highest BCUT2D eigenvalue weighted by molar-refractivity contribution is 5.86. The summed E-state index contributed by atoms with van der Waals surface area (Å²) in [6, 6.07) is 0. The molecule has 0 aromatic heterocycles. The van der Waals surface area contributed by atoms with Crippen molar-refractivity contribution in [2.45, 2.75) is 83.5 Å². The average molecular weight is 386 g/mol. The summed E-state index contributed by atoms with van der Waals surface area (Å²) in [6.45, 7) is 1.82. The number of ketones is 2. The Morgan fingerprint density at radius 1 is 1.22 bits per heavy atom. The lowest BCUT2D eigenvalue weighted by Gasteiger charge is -2.19. The fraction of sp³-hybridized carbons (Fsp3) is 0.762. The maximum Gasteiger partial charge on any atom is 0.305 e. The first kappa shape index (κ1) is 23.4. The molecule has 0 amide bonds. The fourth-order valence-corrected chi connectivity index (χ4v) is 3.51. The number of methoxy groups -OCH3 is 1. The van der Waals surface area contributed by atoms with E-state index in [-0.39, 0.29) is 36.4 Å². The van der Waals surface area contributed by atoms with Crippen LogP contribution in [0.1, 0.15) is 77.6 Å². The molecule has 0 saturated heterocycles. The SMILES string of the molecule is CCCCC(F)(F)C(=O)CCC1CCC(=O)C1C/C=C\CCCC(=O)OC. The van der Waals surface area contributed by atoms with Crippen molar-refractivity contribution in [3.05, 3.63) is 12.2 Å². The molecule has 0 N–H and O–H groups in total. The number of allylic oxidation sites excluding steroid dienone is 2. The summed E-state index contributed by atoms with van der Waals surface area (Å²) >= 11 is 0. The Bertz CT molecular complexity index is 528. The maximum atomic E-state index is 13.8. The normalized spacial score (nSPS) is 20.4. The summed E-state index contributed by atoms with van der Waals surface area (Å²) in [5.41, 5.74) is 0. The standard InChI is InChI=1S/C21H32F2O4/c1-3-4-15-21(22,23)19(25)14-12-16-11-13-18(24)17(16)9-7-5-6-8-10-20(26)27-2/h5,7,16-17H,3-4,6,8-15H2,1-2H3/b7-5-. The Morgan fingerprint density at radius 3 is 2.63 bits per heavy atom. The Balaban J connectivity index is 2.41. The van der Waals surface area contributed by atoms with Crippen LogP contribution in [0.2, 0.25) is 0 Å². The number of alkyl halides is 2. The summed E-state index contributed by atoms with van der Waals surface area (Å²) < 4.78 is 32.2. The second kappa shape index (κ2) is 12.0. The number of Topliss-reactive ketones (excluding diaryl/α,β-unsaturated/α-hetero) is 2. The van der Waals surface area contributed by atoms with Crippen LogP contribution in [0.5, 0.6) is 0 Å². The van der Waals surface area contributed by atoms with Crippen molar-refractivity contribution in [2.75, 3.05) is 7.11 Å². The van der Waals surface area contributed by atoms with Gasteiger partial charge in [-0.1, -0.05) is 25.5 Å². The molecule has 0 heterocycles. The van der Waals surface area contributed by atoms with Crippen LogP contribution in [0, 0.1) is 11.8 Å². The molecule has 0 bridgehead atoms. The van der Waals surface area contributed by atoms with Crippen LogP contribution >= 0.6 is 0 Å². The van der Waals surface area contributed by atoms with Gasteiger partial charge in [-0.05, 0) is 44.4 Å². The highest BCUT2D eigenvalue weighted by Crippen LogP contribution is 2.36. The number of unbranched alkanes of at least 4 members (excludes halogenated alkanes) is 2. The van der Waals surface area contributed by atoms with E-state index < -0.39 is 11.7 Å². The molecule has 0 radical (unpaired) electrons. The van der Waals surface area contributed by atoms with E-state index in [2.05, 4.69) is 4.74 Å². The summed E-state index contributed by atoms with van der Waals surface area (Å²) in [6.07, 6.45) is 8.13. The summed E-state index contributed by atoms with van der Waals surface area (Å²) in [7, 11) is 1.36. The van der Waals surface area contributed by atoms with Gasteiger partial charge in [0.05, 0.1) is 7.11 Å². The molecule has 1 fully saturated rings. The monoisotopic (exact) mass is 386 g/mol. The first-order valence-electron chi connectivity index (χ1n) is 9.97. The van der Waals surface area contributed by atoms with Crippen molar-refractivity contribution < 1.29 is 27.9 Å². The minimum Gasteiger partial charge on any atom is -0.469 e. The van der Waals surface area contributed by atoms with Gasteiger partial charge in [0.25, 0.3) is 0 Å². The summed E-state index contributed by atoms with van der Waals surface area (Å²) in [5, 5.41) is 0. The van der Waals surface area contributed by atoms with Gasteiger partial charge >= 0.3 is 11.9 Å². The van der Waals surface area contributed by atoms with Gasteiger partial charge in [-0.25, -0.2) is 0 Å². The van der Waals surface area contributed by atoms with E-state index in [1.165, 1.54) is 7.11 Å². The van der Waals surface area contributed by atoms with Crippen molar-refractivity contribution in [3.8, 4) is 0 Å².